The summed E-state index contributed by atoms with van der Waals surface area (Å²) >= 11 is 0. The molecule has 1 N–H and O–H groups in total. The maximum Gasteiger partial charge on any atom is 0.264 e. The van der Waals surface area contributed by atoms with E-state index in [4.69, 9.17) is 4.84 Å². The van der Waals surface area contributed by atoms with Crippen LogP contribution in [-0.2, 0) is 30.3 Å². The largest absolute Gasteiger partial charge is 0.288 e. The molecule has 0 spiro atoms. The Bertz CT molecular complexity index is 991. The fourth-order valence-corrected chi connectivity index (χ4v) is 4.32. The van der Waals surface area contributed by atoms with Crippen LogP contribution >= 0.6 is 0 Å². The van der Waals surface area contributed by atoms with Gasteiger partial charge in [0.15, 0.2) is 0 Å². The smallest absolute Gasteiger partial charge is 0.264 e. The Morgan fingerprint density at radius 1 is 0.852 bits per heavy atom. The van der Waals surface area contributed by atoms with Gasteiger partial charge >= 0.3 is 0 Å². The number of nitrogens with one attached hydrogen (secondary N) is 1. The zero-order chi connectivity index (χ0) is 20.5. The molecule has 0 saturated heterocycles. The molecule has 0 bridgehead atoms. The van der Waals surface area contributed by atoms with Crippen molar-refractivity contribution in [2.24, 2.45) is 0 Å². The van der Waals surface area contributed by atoms with Crippen molar-refractivity contribution < 1.29 is 21.7 Å². The number of hydrogen-bond acceptors (Lipinski definition) is 5. The van der Waals surface area contributed by atoms with Crippen molar-refractivity contribution in [2.45, 2.75) is 36.0 Å². The first-order chi connectivity index (χ1) is 12.4. The summed E-state index contributed by atoms with van der Waals surface area (Å²) in [7, 11) is -5.05. The van der Waals surface area contributed by atoms with Crippen molar-refractivity contribution in [3.63, 3.8) is 0 Å². The molecular weight excluding hydrogens is 388 g/mol. The van der Waals surface area contributed by atoms with Gasteiger partial charge in [-0.05, 0) is 47.4 Å². The average Bonchev–Trinajstić information content (AvgIpc) is 2.60. The summed E-state index contributed by atoms with van der Waals surface area (Å²) in [5.41, 5.74) is 1.21. The zero-order valence-electron chi connectivity index (χ0n) is 15.9. The van der Waals surface area contributed by atoms with E-state index < -0.39 is 20.0 Å². The summed E-state index contributed by atoms with van der Waals surface area (Å²) in [6.45, 7) is 6.14. The van der Waals surface area contributed by atoms with E-state index in [1.54, 1.807) is 24.3 Å². The molecule has 0 aliphatic rings. The molecule has 2 aromatic carbocycles. The summed E-state index contributed by atoms with van der Waals surface area (Å²) in [6.07, 6.45) is 0. The molecule has 0 amide bonds. The molecule has 148 valence electrons. The van der Waals surface area contributed by atoms with Gasteiger partial charge in [-0.2, -0.15) is 0 Å². The number of sulfonamides is 2. The summed E-state index contributed by atoms with van der Waals surface area (Å²) < 4.78 is 52.6. The van der Waals surface area contributed by atoms with Crippen LogP contribution in [0, 0.1) is 0 Å². The molecule has 0 unspecified atom stereocenters. The topological polar surface area (TPSA) is 92.8 Å². The molecule has 7 nitrogen and oxygen atoms in total. The van der Waals surface area contributed by atoms with Gasteiger partial charge in [0.05, 0.1) is 16.9 Å². The quantitative estimate of drug-likeness (QED) is 0.737. The van der Waals surface area contributed by atoms with Gasteiger partial charge in [-0.3, -0.25) is 9.56 Å². The highest BCUT2D eigenvalue weighted by atomic mass is 32.2. The van der Waals surface area contributed by atoms with Crippen molar-refractivity contribution in [1.29, 1.82) is 0 Å². The average molecular weight is 413 g/mol. The van der Waals surface area contributed by atoms with Crippen molar-refractivity contribution in [3.8, 4) is 0 Å². The number of hydrogen-bond donors (Lipinski definition) is 1. The Balaban J connectivity index is 2.23. The van der Waals surface area contributed by atoms with Crippen LogP contribution in [0.3, 0.4) is 0 Å². The predicted molar refractivity (Wildman–Crippen MR) is 104 cm³/mol. The summed E-state index contributed by atoms with van der Waals surface area (Å²) in [4.78, 5) is 4.83. The Hall–Kier alpha value is -1.94. The van der Waals surface area contributed by atoms with E-state index >= 15 is 0 Å². The molecule has 2 aromatic rings. The maximum absolute atomic E-state index is 12.5. The minimum atomic E-state index is -3.79. The van der Waals surface area contributed by atoms with Gasteiger partial charge < -0.3 is 0 Å². The molecule has 0 atom stereocenters. The van der Waals surface area contributed by atoms with Gasteiger partial charge in [0, 0.05) is 12.7 Å². The normalized spacial score (nSPS) is 13.0. The van der Waals surface area contributed by atoms with Crippen LogP contribution in [0.5, 0.6) is 0 Å². The molecule has 9 heteroatoms. The molecular formula is C18H24N2O5S2. The van der Waals surface area contributed by atoms with E-state index in [1.807, 2.05) is 20.8 Å². The van der Waals surface area contributed by atoms with Gasteiger partial charge in [0.1, 0.15) is 0 Å². The second-order valence-electron chi connectivity index (χ2n) is 7.00. The Labute approximate surface area is 161 Å². The fourth-order valence-electron chi connectivity index (χ4n) is 2.29. The molecule has 0 aliphatic heterocycles. The van der Waals surface area contributed by atoms with Crippen molar-refractivity contribution in [1.82, 2.24) is 4.47 Å². The first-order valence-electron chi connectivity index (χ1n) is 8.14. The molecule has 0 aromatic heterocycles. The SMILES string of the molecule is CON(C)S(=O)(=O)c1ccc(NS(=O)(=O)c2ccc(C(C)(C)C)cc2)cc1. The number of rotatable bonds is 6. The first-order valence-corrected chi connectivity index (χ1v) is 11.1. The molecule has 0 saturated carbocycles. The molecule has 2 rings (SSSR count). The Morgan fingerprint density at radius 3 is 1.78 bits per heavy atom. The third kappa shape index (κ3) is 4.86. The Kier molecular flexibility index (Phi) is 6.00. The highest BCUT2D eigenvalue weighted by Gasteiger charge is 2.21. The lowest BCUT2D eigenvalue weighted by Crippen LogP contribution is -2.25. The predicted octanol–water partition coefficient (Wildman–Crippen LogP) is 2.97. The van der Waals surface area contributed by atoms with Gasteiger partial charge in [0.2, 0.25) is 0 Å². The second-order valence-corrected chi connectivity index (χ2v) is 10.6. The van der Waals surface area contributed by atoms with Gasteiger partial charge in [0.25, 0.3) is 20.0 Å². The highest BCUT2D eigenvalue weighted by molar-refractivity contribution is 7.92. The summed E-state index contributed by atoms with van der Waals surface area (Å²) in [5.74, 6) is 0. The van der Waals surface area contributed by atoms with E-state index in [0.29, 0.717) is 0 Å². The van der Waals surface area contributed by atoms with Gasteiger partial charge in [-0.25, -0.2) is 16.8 Å². The Morgan fingerprint density at radius 2 is 1.33 bits per heavy atom. The van der Waals surface area contributed by atoms with Gasteiger partial charge in [-0.1, -0.05) is 37.4 Å². The third-order valence-electron chi connectivity index (χ3n) is 4.03. The monoisotopic (exact) mass is 412 g/mol. The number of hydroxylamine groups is 1. The van der Waals surface area contributed by atoms with Crippen LogP contribution in [-0.4, -0.2) is 35.5 Å². The van der Waals surface area contributed by atoms with E-state index in [1.165, 1.54) is 38.4 Å². The number of nitrogens with zero attached hydrogens (tertiary/aromatic N) is 1. The second kappa shape index (κ2) is 7.59. The maximum atomic E-state index is 12.5. The lowest BCUT2D eigenvalue weighted by Gasteiger charge is -2.19. The molecule has 0 radical (unpaired) electrons. The van der Waals surface area contributed by atoms with Crippen LogP contribution in [0.4, 0.5) is 5.69 Å². The van der Waals surface area contributed by atoms with E-state index in [0.717, 1.165) is 10.0 Å². The zero-order valence-corrected chi connectivity index (χ0v) is 17.6. The van der Waals surface area contributed by atoms with E-state index in [2.05, 4.69) is 4.72 Å². The van der Waals surface area contributed by atoms with Crippen molar-refractivity contribution >= 4 is 25.7 Å². The standard InChI is InChI=1S/C18H24N2O5S2/c1-18(2,3)14-6-10-16(11-7-14)26(21,22)19-15-8-12-17(13-9-15)27(23,24)20(4)25-5/h6-13,19H,1-5H3. The van der Waals surface area contributed by atoms with Crippen LogP contribution in [0.2, 0.25) is 0 Å². The lowest BCUT2D eigenvalue weighted by molar-refractivity contribution is -0.0258. The summed E-state index contributed by atoms with van der Waals surface area (Å²) in [5, 5.41) is 0. The molecule has 0 aliphatic carbocycles. The number of anilines is 1. The molecule has 0 fully saturated rings. The third-order valence-corrected chi connectivity index (χ3v) is 7.12. The molecule has 0 heterocycles. The van der Waals surface area contributed by atoms with Crippen LogP contribution in [0.15, 0.2) is 58.3 Å². The fraction of sp³-hybridized carbons (Fsp3) is 0.333. The van der Waals surface area contributed by atoms with E-state index in [-0.39, 0.29) is 20.9 Å². The van der Waals surface area contributed by atoms with Crippen molar-refractivity contribution in [3.05, 3.63) is 54.1 Å². The van der Waals surface area contributed by atoms with E-state index in [9.17, 15) is 16.8 Å². The number of benzene rings is 2. The lowest BCUT2D eigenvalue weighted by atomic mass is 9.87. The van der Waals surface area contributed by atoms with Crippen LogP contribution in [0.25, 0.3) is 0 Å². The van der Waals surface area contributed by atoms with Gasteiger partial charge in [-0.15, -0.1) is 0 Å². The summed E-state index contributed by atoms with van der Waals surface area (Å²) in [6, 6.07) is 12.1. The molecule has 27 heavy (non-hydrogen) atoms. The van der Waals surface area contributed by atoms with Crippen LogP contribution < -0.4 is 4.72 Å². The minimum absolute atomic E-state index is 0.00988. The highest BCUT2D eigenvalue weighted by Crippen LogP contribution is 2.25. The first kappa shape index (κ1) is 21.4. The van der Waals surface area contributed by atoms with Crippen LogP contribution in [0.1, 0.15) is 26.3 Å². The van der Waals surface area contributed by atoms with Crippen molar-refractivity contribution in [2.75, 3.05) is 18.9 Å². The minimum Gasteiger partial charge on any atom is -0.288 e.